The Morgan fingerprint density at radius 1 is 1.30 bits per heavy atom. The third-order valence-electron chi connectivity index (χ3n) is 5.06. The van der Waals surface area contributed by atoms with Gasteiger partial charge in [0.15, 0.2) is 4.80 Å². The van der Waals surface area contributed by atoms with Gasteiger partial charge in [-0.3, -0.25) is 9.36 Å². The van der Waals surface area contributed by atoms with Crippen LogP contribution < -0.4 is 14.9 Å². The maximum absolute atomic E-state index is 13.6. The average molecular weight is 568 g/mol. The number of aromatic hydroxyl groups is 1. The Hall–Kier alpha value is -2.39. The number of hydrogen-bond acceptors (Lipinski definition) is 6. The van der Waals surface area contributed by atoms with E-state index in [9.17, 15) is 14.7 Å². The molecule has 0 spiro atoms. The summed E-state index contributed by atoms with van der Waals surface area (Å²) in [5.74, 6) is -0.703. The average Bonchev–Trinajstić information content (AvgIpc) is 3.06. The molecule has 0 saturated heterocycles. The van der Waals surface area contributed by atoms with E-state index in [2.05, 4.69) is 20.9 Å². The van der Waals surface area contributed by atoms with Gasteiger partial charge in [-0.15, -0.1) is 0 Å². The molecule has 2 aromatic carbocycles. The number of rotatable bonds is 4. The minimum Gasteiger partial charge on any atom is -0.506 e. The van der Waals surface area contributed by atoms with Gasteiger partial charge in [0, 0.05) is 15.1 Å². The van der Waals surface area contributed by atoms with Crippen LogP contribution in [0.3, 0.4) is 0 Å². The van der Waals surface area contributed by atoms with Crippen LogP contribution in [0.15, 0.2) is 61.9 Å². The van der Waals surface area contributed by atoms with E-state index >= 15 is 0 Å². The van der Waals surface area contributed by atoms with Crippen LogP contribution in [0.5, 0.6) is 5.75 Å². The molecule has 0 bridgehead atoms. The zero-order chi connectivity index (χ0) is 23.9. The predicted octanol–water partition coefficient (Wildman–Crippen LogP) is 4.57. The minimum absolute atomic E-state index is 0.142. The Labute approximate surface area is 211 Å². The summed E-state index contributed by atoms with van der Waals surface area (Å²) in [5, 5.41) is 10.9. The Bertz CT molecular complexity index is 1490. The van der Waals surface area contributed by atoms with E-state index in [0.29, 0.717) is 35.7 Å². The van der Waals surface area contributed by atoms with Crippen molar-refractivity contribution in [2.45, 2.75) is 19.9 Å². The molecule has 2 heterocycles. The molecule has 4 rings (SSSR count). The van der Waals surface area contributed by atoms with Gasteiger partial charge in [-0.05, 0) is 43.7 Å². The number of phenols is 1. The lowest BCUT2D eigenvalue weighted by Gasteiger charge is -2.25. The number of benzene rings is 2. The van der Waals surface area contributed by atoms with Crippen LogP contribution in [0.4, 0.5) is 0 Å². The Balaban J connectivity index is 2.01. The number of halogens is 3. The summed E-state index contributed by atoms with van der Waals surface area (Å²) in [4.78, 5) is 31.4. The lowest BCUT2D eigenvalue weighted by Crippen LogP contribution is -2.40. The number of phenolic OH excluding ortho intramolecular Hbond substituents is 1. The molecule has 0 fully saturated rings. The SMILES string of the molecule is CCOC(=O)C1=C(C)N=c2s/c(=C\c3cc(Br)cc(Cl)c3O)c(=O)n2[C@@H]1c1ccccc1Cl. The summed E-state index contributed by atoms with van der Waals surface area (Å²) in [6, 6.07) is 9.43. The molecule has 1 aliphatic heterocycles. The first-order chi connectivity index (χ1) is 15.7. The first-order valence-electron chi connectivity index (χ1n) is 9.85. The second kappa shape index (κ2) is 9.46. The number of esters is 1. The van der Waals surface area contributed by atoms with E-state index in [4.69, 9.17) is 27.9 Å². The van der Waals surface area contributed by atoms with Crippen LogP contribution in [0.1, 0.15) is 31.0 Å². The highest BCUT2D eigenvalue weighted by Crippen LogP contribution is 2.35. The van der Waals surface area contributed by atoms with Crippen molar-refractivity contribution in [3.8, 4) is 5.75 Å². The molecule has 1 N–H and O–H groups in total. The molecule has 1 atom stereocenters. The first kappa shape index (κ1) is 23.8. The van der Waals surface area contributed by atoms with Crippen LogP contribution >= 0.6 is 50.5 Å². The molecule has 0 unspecified atom stereocenters. The minimum atomic E-state index is -0.809. The Kier molecular flexibility index (Phi) is 6.81. The fourth-order valence-corrected chi connectivity index (χ4v) is 5.73. The molecule has 6 nitrogen and oxygen atoms in total. The van der Waals surface area contributed by atoms with Crippen LogP contribution in [-0.2, 0) is 9.53 Å². The smallest absolute Gasteiger partial charge is 0.338 e. The number of aromatic nitrogens is 1. The maximum atomic E-state index is 13.6. The summed E-state index contributed by atoms with van der Waals surface area (Å²) in [6.45, 7) is 3.59. The summed E-state index contributed by atoms with van der Waals surface area (Å²) in [7, 11) is 0. The van der Waals surface area contributed by atoms with Crippen LogP contribution in [0.2, 0.25) is 10.0 Å². The summed E-state index contributed by atoms with van der Waals surface area (Å²) < 4.78 is 7.67. The second-order valence-corrected chi connectivity index (χ2v) is 9.89. The van der Waals surface area contributed by atoms with Crippen molar-refractivity contribution in [3.63, 3.8) is 0 Å². The molecule has 33 heavy (non-hydrogen) atoms. The Morgan fingerprint density at radius 2 is 2.03 bits per heavy atom. The molecule has 3 aromatic rings. The third-order valence-corrected chi connectivity index (χ3v) is 7.13. The third kappa shape index (κ3) is 4.40. The van der Waals surface area contributed by atoms with Gasteiger partial charge in [0.2, 0.25) is 0 Å². The van der Waals surface area contributed by atoms with Crippen molar-refractivity contribution in [1.82, 2.24) is 4.57 Å². The van der Waals surface area contributed by atoms with Gasteiger partial charge >= 0.3 is 5.97 Å². The van der Waals surface area contributed by atoms with Gasteiger partial charge in [0.05, 0.1) is 27.4 Å². The zero-order valence-corrected chi connectivity index (χ0v) is 21.3. The van der Waals surface area contributed by atoms with Crippen molar-refractivity contribution in [2.75, 3.05) is 6.61 Å². The molecule has 1 aliphatic rings. The number of ether oxygens (including phenoxy) is 1. The number of thiazole rings is 1. The summed E-state index contributed by atoms with van der Waals surface area (Å²) in [5.41, 5.74) is 1.26. The number of carbonyl (C=O) groups excluding carboxylic acids is 1. The van der Waals surface area contributed by atoms with Crippen molar-refractivity contribution in [2.24, 2.45) is 4.99 Å². The largest absolute Gasteiger partial charge is 0.506 e. The van der Waals surface area contributed by atoms with Crippen LogP contribution in [-0.4, -0.2) is 22.2 Å². The molecule has 0 saturated carbocycles. The lowest BCUT2D eigenvalue weighted by molar-refractivity contribution is -0.139. The highest BCUT2D eigenvalue weighted by Gasteiger charge is 2.34. The van der Waals surface area contributed by atoms with Gasteiger partial charge < -0.3 is 9.84 Å². The van der Waals surface area contributed by atoms with Gasteiger partial charge in [-0.1, -0.05) is 68.7 Å². The normalized spacial score (nSPS) is 15.9. The molecule has 0 amide bonds. The van der Waals surface area contributed by atoms with E-state index in [1.165, 1.54) is 4.57 Å². The highest BCUT2D eigenvalue weighted by molar-refractivity contribution is 9.10. The van der Waals surface area contributed by atoms with Gasteiger partial charge in [0.1, 0.15) is 11.8 Å². The van der Waals surface area contributed by atoms with E-state index in [1.54, 1.807) is 56.3 Å². The van der Waals surface area contributed by atoms with E-state index < -0.39 is 12.0 Å². The number of allylic oxidation sites excluding steroid dienone is 1. The van der Waals surface area contributed by atoms with E-state index in [-0.39, 0.29) is 28.5 Å². The maximum Gasteiger partial charge on any atom is 0.338 e. The monoisotopic (exact) mass is 566 g/mol. The van der Waals surface area contributed by atoms with Crippen LogP contribution in [0, 0.1) is 0 Å². The zero-order valence-electron chi connectivity index (χ0n) is 17.4. The van der Waals surface area contributed by atoms with Gasteiger partial charge in [0.25, 0.3) is 5.56 Å². The first-order valence-corrected chi connectivity index (χ1v) is 12.2. The summed E-state index contributed by atoms with van der Waals surface area (Å²) in [6.07, 6.45) is 1.54. The fraction of sp³-hybridized carbons (Fsp3) is 0.174. The topological polar surface area (TPSA) is 80.9 Å². The van der Waals surface area contributed by atoms with Gasteiger partial charge in [-0.25, -0.2) is 9.79 Å². The fourth-order valence-electron chi connectivity index (χ4n) is 3.62. The summed E-state index contributed by atoms with van der Waals surface area (Å²) >= 11 is 17.0. The molecule has 1 aromatic heterocycles. The van der Waals surface area contributed by atoms with E-state index in [1.807, 2.05) is 0 Å². The van der Waals surface area contributed by atoms with Crippen molar-refractivity contribution in [1.29, 1.82) is 0 Å². The van der Waals surface area contributed by atoms with E-state index in [0.717, 1.165) is 11.3 Å². The van der Waals surface area contributed by atoms with Crippen molar-refractivity contribution in [3.05, 3.63) is 93.0 Å². The molecule has 0 radical (unpaired) electrons. The van der Waals surface area contributed by atoms with Crippen molar-refractivity contribution < 1.29 is 14.6 Å². The Morgan fingerprint density at radius 3 is 2.73 bits per heavy atom. The number of hydrogen-bond donors (Lipinski definition) is 1. The highest BCUT2D eigenvalue weighted by atomic mass is 79.9. The lowest BCUT2D eigenvalue weighted by atomic mass is 9.96. The molecule has 10 heteroatoms. The molecular weight excluding hydrogens is 551 g/mol. The quantitative estimate of drug-likeness (QED) is 0.468. The van der Waals surface area contributed by atoms with Crippen LogP contribution in [0.25, 0.3) is 6.08 Å². The molecular formula is C23H17BrCl2N2O4S. The number of carbonyl (C=O) groups is 1. The number of nitrogens with zero attached hydrogens (tertiary/aromatic N) is 2. The van der Waals surface area contributed by atoms with Crippen molar-refractivity contribution >= 4 is 62.5 Å². The molecule has 170 valence electrons. The number of fused-ring (bicyclic) bond motifs is 1. The second-order valence-electron chi connectivity index (χ2n) is 7.15. The molecule has 0 aliphatic carbocycles. The predicted molar refractivity (Wildman–Crippen MR) is 133 cm³/mol. The standard InChI is InChI=1S/C23H17BrCl2N2O4S/c1-3-32-22(31)18-11(2)27-23-28(19(18)14-6-4-5-7-15(14)25)21(30)17(33-23)9-12-8-13(24)10-16(26)20(12)29/h4-10,19,29H,3H2,1-2H3/b17-9-/t19-/m1/s1. The van der Waals surface area contributed by atoms with Gasteiger partial charge in [-0.2, -0.15) is 0 Å².